The molecule has 2 nitrogen and oxygen atoms in total. The number of amides is 1. The Hall–Kier alpha value is -1.32. The number of nitrogens with one attached hydrogen (secondary N) is 1. The van der Waals surface area contributed by atoms with Gasteiger partial charge in [0.25, 0.3) is 5.91 Å². The van der Waals surface area contributed by atoms with Crippen LogP contribution >= 0.6 is 27.5 Å². The Balaban J connectivity index is 2.24. The van der Waals surface area contributed by atoms with Crippen LogP contribution in [-0.2, 0) is 0 Å². The van der Waals surface area contributed by atoms with Crippen molar-refractivity contribution in [2.24, 2.45) is 0 Å². The second-order valence-electron chi connectivity index (χ2n) is 3.95. The molecule has 0 saturated heterocycles. The third-order valence-corrected chi connectivity index (χ3v) is 3.28. The van der Waals surface area contributed by atoms with E-state index >= 15 is 0 Å². The lowest BCUT2D eigenvalue weighted by Crippen LogP contribution is -2.12. The van der Waals surface area contributed by atoms with E-state index in [1.807, 2.05) is 31.2 Å². The van der Waals surface area contributed by atoms with E-state index in [0.717, 1.165) is 10.0 Å². The van der Waals surface area contributed by atoms with Crippen LogP contribution in [0.5, 0.6) is 0 Å². The molecule has 0 aromatic heterocycles. The maximum absolute atomic E-state index is 12.0. The standard InChI is InChI=1S/C14H11BrClNO/c1-9-5-6-12(16)13(7-9)17-14(18)10-3-2-4-11(15)8-10/h2-8H,1H3,(H,17,18). The minimum absolute atomic E-state index is 0.177. The van der Waals surface area contributed by atoms with E-state index in [0.29, 0.717) is 16.3 Å². The first-order chi connectivity index (χ1) is 8.56. The lowest BCUT2D eigenvalue weighted by atomic mass is 10.2. The first kappa shape index (κ1) is 13.1. The molecule has 0 spiro atoms. The molecule has 0 heterocycles. The summed E-state index contributed by atoms with van der Waals surface area (Å²) in [5, 5.41) is 3.33. The Morgan fingerprint density at radius 1 is 1.22 bits per heavy atom. The van der Waals surface area contributed by atoms with Crippen molar-refractivity contribution in [2.45, 2.75) is 6.92 Å². The molecule has 1 N–H and O–H groups in total. The van der Waals surface area contributed by atoms with E-state index < -0.39 is 0 Å². The molecule has 2 aromatic carbocycles. The first-order valence-corrected chi connectivity index (χ1v) is 6.56. The molecule has 0 unspecified atom stereocenters. The predicted molar refractivity (Wildman–Crippen MR) is 78.3 cm³/mol. The fourth-order valence-electron chi connectivity index (χ4n) is 1.56. The molecule has 18 heavy (non-hydrogen) atoms. The third-order valence-electron chi connectivity index (χ3n) is 2.46. The van der Waals surface area contributed by atoms with Crippen molar-refractivity contribution in [3.05, 3.63) is 63.1 Å². The molecule has 4 heteroatoms. The second-order valence-corrected chi connectivity index (χ2v) is 5.27. The Morgan fingerprint density at radius 2 is 2.00 bits per heavy atom. The van der Waals surface area contributed by atoms with Crippen LogP contribution in [0, 0.1) is 6.92 Å². The van der Waals surface area contributed by atoms with Crippen LogP contribution in [0.2, 0.25) is 5.02 Å². The van der Waals surface area contributed by atoms with Gasteiger partial charge in [-0.2, -0.15) is 0 Å². The zero-order valence-electron chi connectivity index (χ0n) is 9.71. The minimum Gasteiger partial charge on any atom is -0.321 e. The van der Waals surface area contributed by atoms with E-state index in [2.05, 4.69) is 21.2 Å². The van der Waals surface area contributed by atoms with Gasteiger partial charge in [-0.15, -0.1) is 0 Å². The van der Waals surface area contributed by atoms with E-state index in [1.165, 1.54) is 0 Å². The van der Waals surface area contributed by atoms with E-state index in [1.54, 1.807) is 18.2 Å². The highest BCUT2D eigenvalue weighted by atomic mass is 79.9. The Labute approximate surface area is 119 Å². The summed E-state index contributed by atoms with van der Waals surface area (Å²) in [7, 11) is 0. The Bertz CT molecular complexity index is 598. The number of hydrogen-bond acceptors (Lipinski definition) is 1. The normalized spacial score (nSPS) is 10.2. The minimum atomic E-state index is -0.177. The zero-order valence-corrected chi connectivity index (χ0v) is 12.0. The summed E-state index contributed by atoms with van der Waals surface area (Å²) >= 11 is 9.37. The molecule has 2 aromatic rings. The Morgan fingerprint density at radius 3 is 2.72 bits per heavy atom. The van der Waals surface area contributed by atoms with Crippen molar-refractivity contribution in [2.75, 3.05) is 5.32 Å². The maximum atomic E-state index is 12.0. The predicted octanol–water partition coefficient (Wildman–Crippen LogP) is 4.66. The van der Waals surface area contributed by atoms with Crippen LogP contribution in [0.3, 0.4) is 0 Å². The number of halogens is 2. The fourth-order valence-corrected chi connectivity index (χ4v) is 2.12. The first-order valence-electron chi connectivity index (χ1n) is 5.39. The smallest absolute Gasteiger partial charge is 0.255 e. The van der Waals surface area contributed by atoms with Gasteiger partial charge >= 0.3 is 0 Å². The maximum Gasteiger partial charge on any atom is 0.255 e. The summed E-state index contributed by atoms with van der Waals surface area (Å²) in [5.74, 6) is -0.177. The monoisotopic (exact) mass is 323 g/mol. The van der Waals surface area contributed by atoms with E-state index in [-0.39, 0.29) is 5.91 Å². The molecule has 0 aliphatic rings. The molecule has 2 rings (SSSR count). The van der Waals surface area contributed by atoms with Crippen LogP contribution in [0.15, 0.2) is 46.9 Å². The summed E-state index contributed by atoms with van der Waals surface area (Å²) in [6, 6.07) is 12.7. The number of rotatable bonds is 2. The molecule has 0 saturated carbocycles. The summed E-state index contributed by atoms with van der Waals surface area (Å²) in [4.78, 5) is 12.0. The quantitative estimate of drug-likeness (QED) is 0.855. The summed E-state index contributed by atoms with van der Waals surface area (Å²) in [6.07, 6.45) is 0. The van der Waals surface area contributed by atoms with Gasteiger partial charge in [0.2, 0.25) is 0 Å². The average Bonchev–Trinajstić information content (AvgIpc) is 2.34. The number of benzene rings is 2. The molecule has 92 valence electrons. The largest absolute Gasteiger partial charge is 0.321 e. The highest BCUT2D eigenvalue weighted by Gasteiger charge is 2.08. The van der Waals surface area contributed by atoms with Gasteiger partial charge < -0.3 is 5.32 Å². The molecule has 0 bridgehead atoms. The Kier molecular flexibility index (Phi) is 4.04. The van der Waals surface area contributed by atoms with Crippen molar-refractivity contribution in [3.63, 3.8) is 0 Å². The van der Waals surface area contributed by atoms with Crippen LogP contribution in [-0.4, -0.2) is 5.91 Å². The van der Waals surface area contributed by atoms with Gasteiger partial charge in [0.05, 0.1) is 10.7 Å². The van der Waals surface area contributed by atoms with Crippen molar-refractivity contribution in [1.82, 2.24) is 0 Å². The lowest BCUT2D eigenvalue weighted by molar-refractivity contribution is 0.102. The van der Waals surface area contributed by atoms with Crippen LogP contribution in [0.4, 0.5) is 5.69 Å². The van der Waals surface area contributed by atoms with Crippen LogP contribution in [0.25, 0.3) is 0 Å². The van der Waals surface area contributed by atoms with Crippen molar-refractivity contribution in [1.29, 1.82) is 0 Å². The SMILES string of the molecule is Cc1ccc(Cl)c(NC(=O)c2cccc(Br)c2)c1. The molecule has 1 amide bonds. The molecular formula is C14H11BrClNO. The third kappa shape index (κ3) is 3.12. The topological polar surface area (TPSA) is 29.1 Å². The molecule has 0 aliphatic heterocycles. The van der Waals surface area contributed by atoms with Crippen LogP contribution in [0.1, 0.15) is 15.9 Å². The lowest BCUT2D eigenvalue weighted by Gasteiger charge is -2.08. The number of aryl methyl sites for hydroxylation is 1. The molecule has 0 fully saturated rings. The van der Waals surface area contributed by atoms with Gasteiger partial charge in [-0.1, -0.05) is 39.7 Å². The summed E-state index contributed by atoms with van der Waals surface area (Å²) in [6.45, 7) is 1.95. The summed E-state index contributed by atoms with van der Waals surface area (Å²) < 4.78 is 0.866. The number of anilines is 1. The van der Waals surface area contributed by atoms with Gasteiger partial charge in [0.1, 0.15) is 0 Å². The summed E-state index contributed by atoms with van der Waals surface area (Å²) in [5.41, 5.74) is 2.26. The van der Waals surface area contributed by atoms with Crippen molar-refractivity contribution < 1.29 is 4.79 Å². The van der Waals surface area contributed by atoms with Gasteiger partial charge in [0, 0.05) is 10.0 Å². The van der Waals surface area contributed by atoms with Crippen molar-refractivity contribution >= 4 is 39.1 Å². The van der Waals surface area contributed by atoms with E-state index in [9.17, 15) is 4.79 Å². The fraction of sp³-hybridized carbons (Fsp3) is 0.0714. The average molecular weight is 325 g/mol. The second kappa shape index (κ2) is 5.55. The van der Waals surface area contributed by atoms with Gasteiger partial charge in [-0.05, 0) is 42.8 Å². The molecule has 0 atom stereocenters. The van der Waals surface area contributed by atoms with Gasteiger partial charge in [-0.3, -0.25) is 4.79 Å². The zero-order chi connectivity index (χ0) is 13.1. The number of hydrogen-bond donors (Lipinski definition) is 1. The highest BCUT2D eigenvalue weighted by molar-refractivity contribution is 9.10. The van der Waals surface area contributed by atoms with Gasteiger partial charge in [-0.25, -0.2) is 0 Å². The number of carbonyl (C=O) groups excluding carboxylic acids is 1. The molecule has 0 aliphatic carbocycles. The van der Waals surface area contributed by atoms with Crippen LogP contribution < -0.4 is 5.32 Å². The highest BCUT2D eigenvalue weighted by Crippen LogP contribution is 2.23. The molecular weight excluding hydrogens is 314 g/mol. The van der Waals surface area contributed by atoms with Gasteiger partial charge in [0.15, 0.2) is 0 Å². The van der Waals surface area contributed by atoms with E-state index in [4.69, 9.17) is 11.6 Å². The molecule has 0 radical (unpaired) electrons. The van der Waals surface area contributed by atoms with Crippen molar-refractivity contribution in [3.8, 4) is 0 Å². The number of carbonyl (C=O) groups is 1.